The molecule has 0 amide bonds. The Balaban J connectivity index is 2.54. The first-order valence-electron chi connectivity index (χ1n) is 6.62. The van der Waals surface area contributed by atoms with Crippen molar-refractivity contribution in [1.82, 2.24) is 0 Å². The average Bonchev–Trinajstić information content (AvgIpc) is 2.47. The molecule has 1 aliphatic heterocycles. The van der Waals surface area contributed by atoms with Crippen molar-refractivity contribution in [3.63, 3.8) is 0 Å². The minimum atomic E-state index is -0.880. The van der Waals surface area contributed by atoms with E-state index in [4.69, 9.17) is 9.47 Å². The Morgan fingerprint density at radius 3 is 2.63 bits per heavy atom. The van der Waals surface area contributed by atoms with Crippen LogP contribution < -0.4 is 4.74 Å². The van der Waals surface area contributed by atoms with Crippen molar-refractivity contribution in [1.29, 1.82) is 0 Å². The maximum absolute atomic E-state index is 11.8. The zero-order valence-electron chi connectivity index (χ0n) is 11.4. The maximum atomic E-state index is 11.8. The number of hydrogen-bond acceptors (Lipinski definition) is 3. The van der Waals surface area contributed by atoms with E-state index in [1.165, 1.54) is 0 Å². The van der Waals surface area contributed by atoms with E-state index in [-0.39, 0.29) is 0 Å². The molecule has 0 aliphatic carbocycles. The largest absolute Gasteiger partial charge is 0.496 e. The van der Waals surface area contributed by atoms with E-state index in [1.54, 1.807) is 7.11 Å². The standard InChI is InChI=1S/C15H20O4/c1-3-11-4-5-13(18-2)12(10-11)15(14(16)17)6-8-19-9-7-15/h4-5,10H,3,6-9H2,1-2H3,(H,16,17). The number of aryl methyl sites for hydroxylation is 1. The van der Waals surface area contributed by atoms with Crippen LogP contribution in [-0.2, 0) is 21.4 Å². The molecule has 1 aliphatic rings. The Bertz CT molecular complexity index is 461. The Labute approximate surface area is 113 Å². The molecule has 1 saturated heterocycles. The van der Waals surface area contributed by atoms with Crippen LogP contribution in [0.2, 0.25) is 0 Å². The average molecular weight is 264 g/mol. The molecule has 0 atom stereocenters. The molecule has 1 heterocycles. The summed E-state index contributed by atoms with van der Waals surface area (Å²) in [6, 6.07) is 5.82. The Hall–Kier alpha value is -1.55. The molecule has 0 aromatic heterocycles. The van der Waals surface area contributed by atoms with Crippen LogP contribution in [0.15, 0.2) is 18.2 Å². The van der Waals surface area contributed by atoms with Gasteiger partial charge in [0, 0.05) is 18.8 Å². The van der Waals surface area contributed by atoms with Crippen molar-refractivity contribution < 1.29 is 19.4 Å². The van der Waals surface area contributed by atoms with E-state index in [1.807, 2.05) is 18.2 Å². The van der Waals surface area contributed by atoms with Crippen LogP contribution in [0.3, 0.4) is 0 Å². The van der Waals surface area contributed by atoms with E-state index in [0.717, 1.165) is 17.5 Å². The van der Waals surface area contributed by atoms with Gasteiger partial charge in [0.15, 0.2) is 0 Å². The molecule has 4 nitrogen and oxygen atoms in total. The lowest BCUT2D eigenvalue weighted by molar-refractivity contribution is -0.147. The molecule has 104 valence electrons. The first-order chi connectivity index (χ1) is 9.14. The molecule has 0 radical (unpaired) electrons. The van der Waals surface area contributed by atoms with Gasteiger partial charge in [-0.3, -0.25) is 4.79 Å². The number of ether oxygens (including phenoxy) is 2. The third-order valence-electron chi connectivity index (χ3n) is 3.94. The van der Waals surface area contributed by atoms with E-state index < -0.39 is 11.4 Å². The molecule has 1 aromatic rings. The fourth-order valence-corrected chi connectivity index (χ4v) is 2.67. The van der Waals surface area contributed by atoms with Crippen molar-refractivity contribution in [2.24, 2.45) is 0 Å². The van der Waals surface area contributed by atoms with Crippen LogP contribution in [0.1, 0.15) is 30.9 Å². The first-order valence-corrected chi connectivity index (χ1v) is 6.62. The summed E-state index contributed by atoms with van der Waals surface area (Å²) >= 11 is 0. The Morgan fingerprint density at radius 1 is 1.42 bits per heavy atom. The highest BCUT2D eigenvalue weighted by Crippen LogP contribution is 2.40. The summed E-state index contributed by atoms with van der Waals surface area (Å²) in [5.74, 6) is -0.135. The normalized spacial score (nSPS) is 18.0. The van der Waals surface area contributed by atoms with Gasteiger partial charge in [-0.05, 0) is 30.9 Å². The molecule has 0 saturated carbocycles. The van der Waals surface area contributed by atoms with Gasteiger partial charge >= 0.3 is 5.97 Å². The third kappa shape index (κ3) is 2.45. The number of hydrogen-bond donors (Lipinski definition) is 1. The molecular formula is C15H20O4. The van der Waals surface area contributed by atoms with Gasteiger partial charge in [-0.1, -0.05) is 19.1 Å². The predicted molar refractivity (Wildman–Crippen MR) is 71.7 cm³/mol. The quantitative estimate of drug-likeness (QED) is 0.907. The smallest absolute Gasteiger partial charge is 0.314 e. The van der Waals surface area contributed by atoms with Crippen LogP contribution in [0.5, 0.6) is 5.75 Å². The Morgan fingerprint density at radius 2 is 2.11 bits per heavy atom. The van der Waals surface area contributed by atoms with Gasteiger partial charge in [0.1, 0.15) is 11.2 Å². The number of aliphatic carboxylic acids is 1. The van der Waals surface area contributed by atoms with Gasteiger partial charge in [-0.15, -0.1) is 0 Å². The first kappa shape index (κ1) is 13.9. The number of carbonyl (C=O) groups is 1. The zero-order valence-corrected chi connectivity index (χ0v) is 11.4. The van der Waals surface area contributed by atoms with E-state index in [2.05, 4.69) is 6.92 Å². The number of carboxylic acid groups (broad SMARTS) is 1. The molecule has 4 heteroatoms. The molecule has 0 spiro atoms. The fourth-order valence-electron chi connectivity index (χ4n) is 2.67. The molecule has 1 N–H and O–H groups in total. The summed E-state index contributed by atoms with van der Waals surface area (Å²) in [5.41, 5.74) is 1.03. The predicted octanol–water partition coefficient (Wildman–Crippen LogP) is 2.39. The Kier molecular flexibility index (Phi) is 4.10. The molecule has 19 heavy (non-hydrogen) atoms. The van der Waals surface area contributed by atoms with Gasteiger partial charge in [0.2, 0.25) is 0 Å². The summed E-state index contributed by atoms with van der Waals surface area (Å²) in [4.78, 5) is 11.8. The van der Waals surface area contributed by atoms with E-state index >= 15 is 0 Å². The summed E-state index contributed by atoms with van der Waals surface area (Å²) in [7, 11) is 1.58. The van der Waals surface area contributed by atoms with Crippen LogP contribution in [-0.4, -0.2) is 31.4 Å². The molecule has 1 fully saturated rings. The third-order valence-corrected chi connectivity index (χ3v) is 3.94. The highest BCUT2D eigenvalue weighted by Gasteiger charge is 2.43. The van der Waals surface area contributed by atoms with Gasteiger partial charge in [-0.2, -0.15) is 0 Å². The van der Waals surface area contributed by atoms with Crippen molar-refractivity contribution in [3.05, 3.63) is 29.3 Å². The number of carboxylic acids is 1. The monoisotopic (exact) mass is 264 g/mol. The minimum Gasteiger partial charge on any atom is -0.496 e. The second-order valence-electron chi connectivity index (χ2n) is 4.89. The second kappa shape index (κ2) is 5.61. The minimum absolute atomic E-state index is 0.478. The van der Waals surface area contributed by atoms with Crippen LogP contribution in [0.4, 0.5) is 0 Å². The molecule has 0 unspecified atom stereocenters. The number of rotatable bonds is 4. The van der Waals surface area contributed by atoms with Crippen LogP contribution >= 0.6 is 0 Å². The van der Waals surface area contributed by atoms with Crippen molar-refractivity contribution in [2.75, 3.05) is 20.3 Å². The van der Waals surface area contributed by atoms with Gasteiger partial charge in [-0.25, -0.2) is 0 Å². The summed E-state index contributed by atoms with van der Waals surface area (Å²) in [6.45, 7) is 3.01. The summed E-state index contributed by atoms with van der Waals surface area (Å²) in [5, 5.41) is 9.71. The van der Waals surface area contributed by atoms with Crippen LogP contribution in [0.25, 0.3) is 0 Å². The summed E-state index contributed by atoms with van der Waals surface area (Å²) < 4.78 is 10.7. The topological polar surface area (TPSA) is 55.8 Å². The summed E-state index contributed by atoms with van der Waals surface area (Å²) in [6.07, 6.45) is 1.86. The lowest BCUT2D eigenvalue weighted by atomic mass is 9.73. The van der Waals surface area contributed by atoms with Gasteiger partial charge < -0.3 is 14.6 Å². The maximum Gasteiger partial charge on any atom is 0.314 e. The van der Waals surface area contributed by atoms with Crippen molar-refractivity contribution >= 4 is 5.97 Å². The van der Waals surface area contributed by atoms with Gasteiger partial charge in [0.05, 0.1) is 7.11 Å². The molecular weight excluding hydrogens is 244 g/mol. The zero-order chi connectivity index (χ0) is 13.9. The van der Waals surface area contributed by atoms with Crippen molar-refractivity contribution in [2.45, 2.75) is 31.6 Å². The highest BCUT2D eigenvalue weighted by molar-refractivity contribution is 5.82. The van der Waals surface area contributed by atoms with E-state index in [0.29, 0.717) is 31.8 Å². The molecule has 1 aromatic carbocycles. The van der Waals surface area contributed by atoms with Crippen molar-refractivity contribution in [3.8, 4) is 5.75 Å². The SMILES string of the molecule is CCc1ccc(OC)c(C2(C(=O)O)CCOCC2)c1. The second-order valence-corrected chi connectivity index (χ2v) is 4.89. The fraction of sp³-hybridized carbons (Fsp3) is 0.533. The molecule has 2 rings (SSSR count). The van der Waals surface area contributed by atoms with Gasteiger partial charge in [0.25, 0.3) is 0 Å². The lowest BCUT2D eigenvalue weighted by Crippen LogP contribution is -2.41. The molecule has 0 bridgehead atoms. The number of methoxy groups -OCH3 is 1. The lowest BCUT2D eigenvalue weighted by Gasteiger charge is -2.34. The number of benzene rings is 1. The highest BCUT2D eigenvalue weighted by atomic mass is 16.5. The van der Waals surface area contributed by atoms with E-state index in [9.17, 15) is 9.90 Å². The van der Waals surface area contributed by atoms with Crippen LogP contribution in [0, 0.1) is 0 Å².